The van der Waals surface area contributed by atoms with E-state index in [0.717, 1.165) is 6.26 Å². The molecule has 0 aliphatic heterocycles. The molecule has 0 atom stereocenters. The first-order valence-electron chi connectivity index (χ1n) is 11.0. The third kappa shape index (κ3) is 8.35. The number of aromatic nitrogens is 2. The molecule has 202 valence electrons. The Morgan fingerprint density at radius 3 is 2.27 bits per heavy atom. The molecule has 0 fully saturated rings. The van der Waals surface area contributed by atoms with Gasteiger partial charge in [0.05, 0.1) is 11.5 Å². The molecule has 1 aromatic carbocycles. The monoisotopic (exact) mass is 539 g/mol. The van der Waals surface area contributed by atoms with Crippen LogP contribution in [-0.4, -0.2) is 99.2 Å². The van der Waals surface area contributed by atoms with Crippen molar-refractivity contribution in [1.29, 1.82) is 0 Å². The molecule has 15 heteroatoms. The third-order valence-corrected chi connectivity index (χ3v) is 5.47. The van der Waals surface area contributed by atoms with E-state index in [-0.39, 0.29) is 23.8 Å². The average molecular weight is 540 g/mol. The summed E-state index contributed by atoms with van der Waals surface area (Å²) in [5, 5.41) is 11.1. The van der Waals surface area contributed by atoms with Gasteiger partial charge in [-0.3, -0.25) is 14.9 Å². The number of carbonyl (C=O) groups excluding carboxylic acids is 2. The van der Waals surface area contributed by atoms with Crippen LogP contribution in [0.5, 0.6) is 17.5 Å². The minimum atomic E-state index is -4.08. The maximum atomic E-state index is 12.6. The summed E-state index contributed by atoms with van der Waals surface area (Å²) in [6.45, 7) is 1.46. The summed E-state index contributed by atoms with van der Waals surface area (Å²) >= 11 is 0. The molecule has 0 unspecified atom stereocenters. The van der Waals surface area contributed by atoms with Crippen LogP contribution >= 0.6 is 0 Å². The first kappa shape index (κ1) is 29.4. The van der Waals surface area contributed by atoms with E-state index < -0.39 is 49.9 Å². The van der Waals surface area contributed by atoms with Crippen LogP contribution in [0.3, 0.4) is 0 Å². The number of nitro groups is 1. The number of benzene rings is 1. The largest absolute Gasteiger partial charge is 0.463 e. The minimum absolute atomic E-state index is 0.000880. The van der Waals surface area contributed by atoms with Gasteiger partial charge < -0.3 is 24.0 Å². The van der Waals surface area contributed by atoms with Crippen LogP contribution in [0.1, 0.15) is 22.8 Å². The van der Waals surface area contributed by atoms with Crippen LogP contribution in [0, 0.1) is 10.1 Å². The summed E-state index contributed by atoms with van der Waals surface area (Å²) in [6.07, 6.45) is 1.31. The highest BCUT2D eigenvalue weighted by Crippen LogP contribution is 2.37. The Kier molecular flexibility index (Phi) is 9.85. The number of esters is 1. The lowest BCUT2D eigenvalue weighted by Crippen LogP contribution is -2.22. The predicted molar refractivity (Wildman–Crippen MR) is 131 cm³/mol. The van der Waals surface area contributed by atoms with Gasteiger partial charge >= 0.3 is 23.4 Å². The van der Waals surface area contributed by atoms with Crippen LogP contribution in [0.4, 0.5) is 5.69 Å². The summed E-state index contributed by atoms with van der Waals surface area (Å²) in [5.41, 5.74) is 0.0289. The normalized spacial score (nSPS) is 11.2. The van der Waals surface area contributed by atoms with Crippen molar-refractivity contribution < 1.29 is 37.1 Å². The number of sulfone groups is 1. The number of nitrogens with zero attached hydrogens (tertiary/aromatic N) is 5. The summed E-state index contributed by atoms with van der Waals surface area (Å²) in [4.78, 5) is 46.0. The van der Waals surface area contributed by atoms with Crippen LogP contribution < -0.4 is 9.47 Å². The number of likely N-dealkylation sites (N-methyl/N-ethyl adjacent to an activating group) is 1. The molecule has 0 N–H and O–H groups in total. The highest BCUT2D eigenvalue weighted by atomic mass is 32.2. The third-order valence-electron chi connectivity index (χ3n) is 4.63. The number of hydrogen-bond acceptors (Lipinski definition) is 12. The van der Waals surface area contributed by atoms with E-state index in [1.54, 1.807) is 33.2 Å². The van der Waals surface area contributed by atoms with Crippen molar-refractivity contribution in [3.63, 3.8) is 0 Å². The first-order valence-corrected chi connectivity index (χ1v) is 12.8. The molecule has 2 aromatic rings. The van der Waals surface area contributed by atoms with Crippen molar-refractivity contribution in [2.75, 3.05) is 54.2 Å². The lowest BCUT2D eigenvalue weighted by Gasteiger charge is -2.15. The lowest BCUT2D eigenvalue weighted by molar-refractivity contribution is -0.387. The Labute approximate surface area is 214 Å². The molecule has 1 heterocycles. The van der Waals surface area contributed by atoms with Gasteiger partial charge in [0.1, 0.15) is 5.75 Å². The Morgan fingerprint density at radius 2 is 1.73 bits per heavy atom. The van der Waals surface area contributed by atoms with Gasteiger partial charge in [-0.1, -0.05) is 0 Å². The van der Waals surface area contributed by atoms with Gasteiger partial charge in [0.25, 0.3) is 11.1 Å². The Morgan fingerprint density at radius 1 is 1.08 bits per heavy atom. The molecule has 2 rings (SSSR count). The standard InChI is InChI=1S/C22H29N5O9S/c1-7-34-17(28)13-35-19-18(27(30)31)20(24-22(23-19)37(6,32)33)36-16-11-14(8-9-25(2)3)10-15(12-16)21(29)26(4)5/h10-12H,7-9,13H2,1-6H3. The van der Waals surface area contributed by atoms with E-state index in [1.807, 2.05) is 19.0 Å². The number of carbonyl (C=O) groups is 2. The SMILES string of the molecule is CCOC(=O)COc1nc(S(C)(=O)=O)nc(Oc2cc(CCN(C)C)cc(C(=O)N(C)C)c2)c1[N+](=O)[O-]. The Balaban J connectivity index is 2.65. The minimum Gasteiger partial charge on any atom is -0.463 e. The van der Waals surface area contributed by atoms with E-state index in [2.05, 4.69) is 9.97 Å². The lowest BCUT2D eigenvalue weighted by atomic mass is 10.1. The van der Waals surface area contributed by atoms with E-state index in [4.69, 9.17) is 14.2 Å². The highest BCUT2D eigenvalue weighted by Gasteiger charge is 2.32. The Bertz CT molecular complexity index is 1280. The molecule has 14 nitrogen and oxygen atoms in total. The summed E-state index contributed by atoms with van der Waals surface area (Å²) in [5.74, 6) is -2.73. The van der Waals surface area contributed by atoms with Crippen molar-refractivity contribution >= 4 is 27.4 Å². The molecule has 0 saturated heterocycles. The smallest absolute Gasteiger partial charge is 0.392 e. The molecule has 0 aliphatic carbocycles. The molecule has 37 heavy (non-hydrogen) atoms. The van der Waals surface area contributed by atoms with Gasteiger partial charge in [0, 0.05) is 32.5 Å². The fraction of sp³-hybridized carbons (Fsp3) is 0.455. The second-order valence-corrected chi connectivity index (χ2v) is 10.2. The van der Waals surface area contributed by atoms with Crippen LogP contribution in [-0.2, 0) is 25.8 Å². The van der Waals surface area contributed by atoms with Crippen molar-refractivity contribution in [2.45, 2.75) is 18.5 Å². The molecule has 1 amide bonds. The molecule has 0 radical (unpaired) electrons. The second kappa shape index (κ2) is 12.4. The van der Waals surface area contributed by atoms with Crippen LogP contribution in [0.15, 0.2) is 23.4 Å². The van der Waals surface area contributed by atoms with Gasteiger partial charge in [0.15, 0.2) is 6.61 Å². The van der Waals surface area contributed by atoms with Crippen molar-refractivity contribution in [2.24, 2.45) is 0 Å². The number of ether oxygens (including phenoxy) is 3. The zero-order valence-electron chi connectivity index (χ0n) is 21.4. The second-order valence-electron chi connectivity index (χ2n) is 8.31. The van der Waals surface area contributed by atoms with Crippen molar-refractivity contribution in [3.8, 4) is 17.5 Å². The topological polar surface area (TPSA) is 171 Å². The average Bonchev–Trinajstić information content (AvgIpc) is 2.79. The van der Waals surface area contributed by atoms with Crippen molar-refractivity contribution in [3.05, 3.63) is 39.4 Å². The van der Waals surface area contributed by atoms with E-state index in [9.17, 15) is 28.1 Å². The maximum absolute atomic E-state index is 12.6. The maximum Gasteiger partial charge on any atom is 0.392 e. The molecular formula is C22H29N5O9S. The fourth-order valence-corrected chi connectivity index (χ4v) is 3.43. The zero-order valence-corrected chi connectivity index (χ0v) is 22.2. The summed E-state index contributed by atoms with van der Waals surface area (Å²) in [7, 11) is 2.81. The van der Waals surface area contributed by atoms with Crippen LogP contribution in [0.25, 0.3) is 0 Å². The van der Waals surface area contributed by atoms with E-state index in [0.29, 0.717) is 18.5 Å². The number of amides is 1. The van der Waals surface area contributed by atoms with E-state index >= 15 is 0 Å². The van der Waals surface area contributed by atoms with Crippen molar-refractivity contribution in [1.82, 2.24) is 19.8 Å². The molecule has 0 spiro atoms. The molecule has 0 bridgehead atoms. The van der Waals surface area contributed by atoms with Gasteiger partial charge in [-0.05, 0) is 51.2 Å². The van der Waals surface area contributed by atoms with Gasteiger partial charge in [-0.2, -0.15) is 9.97 Å². The Hall–Kier alpha value is -3.85. The summed E-state index contributed by atoms with van der Waals surface area (Å²) < 4.78 is 39.9. The van der Waals surface area contributed by atoms with E-state index in [1.165, 1.54) is 11.0 Å². The fourth-order valence-electron chi connectivity index (χ4n) is 2.93. The summed E-state index contributed by atoms with van der Waals surface area (Å²) in [6, 6.07) is 4.58. The van der Waals surface area contributed by atoms with Gasteiger partial charge in [-0.25, -0.2) is 13.2 Å². The number of rotatable bonds is 12. The predicted octanol–water partition coefficient (Wildman–Crippen LogP) is 1.33. The van der Waals surface area contributed by atoms with Gasteiger partial charge in [0.2, 0.25) is 9.84 Å². The molecule has 0 saturated carbocycles. The van der Waals surface area contributed by atoms with Crippen LogP contribution in [0.2, 0.25) is 0 Å². The molecule has 1 aromatic heterocycles. The zero-order chi connectivity index (χ0) is 27.9. The molecular weight excluding hydrogens is 510 g/mol. The quantitative estimate of drug-likeness (QED) is 0.164. The highest BCUT2D eigenvalue weighted by molar-refractivity contribution is 7.90. The first-order chi connectivity index (χ1) is 17.2. The number of hydrogen-bond donors (Lipinski definition) is 0. The molecule has 0 aliphatic rings. The van der Waals surface area contributed by atoms with Gasteiger partial charge in [-0.15, -0.1) is 0 Å².